The lowest BCUT2D eigenvalue weighted by atomic mass is 10.0. The van der Waals surface area contributed by atoms with Gasteiger partial charge in [0.2, 0.25) is 0 Å². The number of nitrogens with zero attached hydrogens (tertiary/aromatic N) is 2. The topological polar surface area (TPSA) is 60.7 Å². The molecule has 0 unspecified atom stereocenters. The Hall–Kier alpha value is -3.47. The third-order valence-corrected chi connectivity index (χ3v) is 4.74. The Morgan fingerprint density at radius 3 is 2.62 bits per heavy atom. The number of rotatable bonds is 2. The molecule has 5 rings (SSSR count). The first-order valence-electron chi connectivity index (χ1n) is 8.45. The van der Waals surface area contributed by atoms with Crippen molar-refractivity contribution in [3.05, 3.63) is 70.5 Å². The first-order chi connectivity index (χ1) is 12.7. The molecule has 0 N–H and O–H groups in total. The van der Waals surface area contributed by atoms with Crippen LogP contribution in [-0.2, 0) is 4.74 Å². The Morgan fingerprint density at radius 1 is 1.08 bits per heavy atom. The Balaban J connectivity index is 1.95. The number of carbonyl (C=O) groups excluding carboxylic acids is 1. The van der Waals surface area contributed by atoms with Crippen molar-refractivity contribution < 1.29 is 9.53 Å². The van der Waals surface area contributed by atoms with E-state index in [1.807, 2.05) is 36.4 Å². The molecule has 0 bridgehead atoms. The van der Waals surface area contributed by atoms with Gasteiger partial charge in [0.05, 0.1) is 23.2 Å². The molecule has 2 aromatic heterocycles. The van der Waals surface area contributed by atoms with E-state index >= 15 is 0 Å². The zero-order chi connectivity index (χ0) is 17.8. The second-order valence-corrected chi connectivity index (χ2v) is 6.21. The molecular formula is C21H14N2O3. The van der Waals surface area contributed by atoms with Crippen LogP contribution in [0.1, 0.15) is 17.3 Å². The Morgan fingerprint density at radius 2 is 1.85 bits per heavy atom. The van der Waals surface area contributed by atoms with Crippen LogP contribution >= 0.6 is 0 Å². The Labute approximate surface area is 147 Å². The van der Waals surface area contributed by atoms with E-state index in [4.69, 9.17) is 4.74 Å². The van der Waals surface area contributed by atoms with Gasteiger partial charge in [-0.1, -0.05) is 30.3 Å². The normalized spacial score (nSPS) is 11.7. The molecule has 5 nitrogen and oxygen atoms in total. The van der Waals surface area contributed by atoms with Crippen molar-refractivity contribution in [1.82, 2.24) is 9.38 Å². The second kappa shape index (κ2) is 5.26. The molecule has 0 saturated heterocycles. The van der Waals surface area contributed by atoms with Gasteiger partial charge in [-0.15, -0.1) is 0 Å². The predicted octanol–water partition coefficient (Wildman–Crippen LogP) is 3.77. The number of aromatic nitrogens is 2. The number of benzene rings is 3. The van der Waals surface area contributed by atoms with E-state index in [1.54, 1.807) is 29.5 Å². The molecule has 126 valence electrons. The number of ether oxygens (including phenoxy) is 1. The molecule has 0 amide bonds. The molecule has 0 saturated carbocycles. The van der Waals surface area contributed by atoms with Crippen LogP contribution in [0.5, 0.6) is 0 Å². The summed E-state index contributed by atoms with van der Waals surface area (Å²) >= 11 is 0. The van der Waals surface area contributed by atoms with Crippen LogP contribution in [0.15, 0.2) is 59.4 Å². The summed E-state index contributed by atoms with van der Waals surface area (Å²) in [6, 6.07) is 16.8. The van der Waals surface area contributed by atoms with Gasteiger partial charge in [-0.3, -0.25) is 9.20 Å². The van der Waals surface area contributed by atoms with Crippen LogP contribution in [0.3, 0.4) is 0 Å². The van der Waals surface area contributed by atoms with Crippen molar-refractivity contribution in [1.29, 1.82) is 0 Å². The van der Waals surface area contributed by atoms with Gasteiger partial charge >= 0.3 is 5.97 Å². The molecule has 5 aromatic rings. The SMILES string of the molecule is CCOC(=O)c1ccc2c(c1)nc1c3cccc4cccc(c(=O)n21)c43. The van der Waals surface area contributed by atoms with Gasteiger partial charge in [-0.05, 0) is 36.6 Å². The summed E-state index contributed by atoms with van der Waals surface area (Å²) in [5.41, 5.74) is 2.22. The number of hydrogen-bond acceptors (Lipinski definition) is 4. The summed E-state index contributed by atoms with van der Waals surface area (Å²) in [6.07, 6.45) is 0. The molecule has 26 heavy (non-hydrogen) atoms. The highest BCUT2D eigenvalue weighted by Crippen LogP contribution is 2.29. The molecule has 0 fully saturated rings. The number of esters is 1. The van der Waals surface area contributed by atoms with Crippen molar-refractivity contribution in [2.24, 2.45) is 0 Å². The number of pyridine rings is 1. The molecule has 5 heteroatoms. The average Bonchev–Trinajstić information content (AvgIpc) is 3.05. The molecule has 2 heterocycles. The van der Waals surface area contributed by atoms with E-state index in [2.05, 4.69) is 4.98 Å². The fraction of sp³-hybridized carbons (Fsp3) is 0.0952. The van der Waals surface area contributed by atoms with Crippen molar-refractivity contribution in [3.8, 4) is 0 Å². The molecule has 0 atom stereocenters. The minimum absolute atomic E-state index is 0.101. The highest BCUT2D eigenvalue weighted by atomic mass is 16.5. The molecular weight excluding hydrogens is 328 g/mol. The molecule has 0 radical (unpaired) electrons. The fourth-order valence-electron chi connectivity index (χ4n) is 3.63. The van der Waals surface area contributed by atoms with Gasteiger partial charge in [0, 0.05) is 16.2 Å². The van der Waals surface area contributed by atoms with E-state index in [-0.39, 0.29) is 5.56 Å². The first kappa shape index (κ1) is 14.8. The van der Waals surface area contributed by atoms with Crippen molar-refractivity contribution in [2.75, 3.05) is 6.61 Å². The van der Waals surface area contributed by atoms with Gasteiger partial charge in [0.1, 0.15) is 5.65 Å². The monoisotopic (exact) mass is 342 g/mol. The van der Waals surface area contributed by atoms with E-state index in [9.17, 15) is 9.59 Å². The minimum Gasteiger partial charge on any atom is -0.462 e. The number of imidazole rings is 1. The van der Waals surface area contributed by atoms with Crippen LogP contribution in [0, 0.1) is 0 Å². The number of carbonyl (C=O) groups is 1. The van der Waals surface area contributed by atoms with E-state index < -0.39 is 5.97 Å². The number of hydrogen-bond donors (Lipinski definition) is 0. The quantitative estimate of drug-likeness (QED) is 0.458. The van der Waals surface area contributed by atoms with E-state index in [0.29, 0.717) is 34.2 Å². The van der Waals surface area contributed by atoms with Gasteiger partial charge in [0.15, 0.2) is 0 Å². The van der Waals surface area contributed by atoms with Crippen LogP contribution < -0.4 is 5.56 Å². The van der Waals surface area contributed by atoms with Crippen LogP contribution in [-0.4, -0.2) is 22.0 Å². The summed E-state index contributed by atoms with van der Waals surface area (Å²) in [5, 5.41) is 3.53. The average molecular weight is 342 g/mol. The lowest BCUT2D eigenvalue weighted by Crippen LogP contribution is -2.13. The second-order valence-electron chi connectivity index (χ2n) is 6.21. The van der Waals surface area contributed by atoms with Crippen LogP contribution in [0.2, 0.25) is 0 Å². The summed E-state index contributed by atoms with van der Waals surface area (Å²) in [5.74, 6) is -0.392. The van der Waals surface area contributed by atoms with Crippen molar-refractivity contribution in [2.45, 2.75) is 6.92 Å². The smallest absolute Gasteiger partial charge is 0.338 e. The zero-order valence-electron chi connectivity index (χ0n) is 14.0. The van der Waals surface area contributed by atoms with Crippen LogP contribution in [0.25, 0.3) is 38.2 Å². The fourth-order valence-corrected chi connectivity index (χ4v) is 3.63. The molecule has 3 aromatic carbocycles. The molecule has 0 aliphatic carbocycles. The maximum atomic E-state index is 13.1. The number of fused-ring (bicyclic) bond motifs is 4. The molecule has 0 aliphatic heterocycles. The van der Waals surface area contributed by atoms with Crippen LogP contribution in [0.4, 0.5) is 0 Å². The lowest BCUT2D eigenvalue weighted by molar-refractivity contribution is 0.0526. The first-order valence-corrected chi connectivity index (χ1v) is 8.45. The van der Waals surface area contributed by atoms with Gasteiger partial charge in [-0.25, -0.2) is 9.78 Å². The standard InChI is InChI=1S/C21H14N2O3/c1-2-26-21(25)13-9-10-17-16(11-13)22-19-14-7-3-5-12-6-4-8-15(18(12)14)20(24)23(17)19/h3-11H,2H2,1H3. The van der Waals surface area contributed by atoms with Gasteiger partial charge < -0.3 is 4.74 Å². The lowest BCUT2D eigenvalue weighted by Gasteiger charge is -2.06. The maximum Gasteiger partial charge on any atom is 0.338 e. The van der Waals surface area contributed by atoms with Crippen molar-refractivity contribution in [3.63, 3.8) is 0 Å². The van der Waals surface area contributed by atoms with Gasteiger partial charge in [0.25, 0.3) is 5.56 Å². The summed E-state index contributed by atoms with van der Waals surface area (Å²) in [6.45, 7) is 2.08. The molecule has 0 aliphatic rings. The highest BCUT2D eigenvalue weighted by molar-refractivity contribution is 6.15. The largest absolute Gasteiger partial charge is 0.462 e. The predicted molar refractivity (Wildman–Crippen MR) is 101 cm³/mol. The summed E-state index contributed by atoms with van der Waals surface area (Å²) < 4.78 is 6.68. The Kier molecular flexibility index (Phi) is 3.00. The third-order valence-electron chi connectivity index (χ3n) is 4.74. The zero-order valence-corrected chi connectivity index (χ0v) is 14.0. The summed E-state index contributed by atoms with van der Waals surface area (Å²) in [4.78, 5) is 29.8. The molecule has 0 spiro atoms. The van der Waals surface area contributed by atoms with Gasteiger partial charge in [-0.2, -0.15) is 0 Å². The van der Waals surface area contributed by atoms with E-state index in [1.165, 1.54) is 0 Å². The van der Waals surface area contributed by atoms with Crippen molar-refractivity contribution >= 4 is 44.2 Å². The minimum atomic E-state index is -0.392. The maximum absolute atomic E-state index is 13.1. The summed E-state index contributed by atoms with van der Waals surface area (Å²) in [7, 11) is 0. The third kappa shape index (κ3) is 1.88. The van der Waals surface area contributed by atoms with E-state index in [0.717, 1.165) is 16.2 Å². The Bertz CT molecular complexity index is 1380. The highest BCUT2D eigenvalue weighted by Gasteiger charge is 2.17.